The van der Waals surface area contributed by atoms with E-state index >= 15 is 0 Å². The van der Waals surface area contributed by atoms with Gasteiger partial charge in [0.05, 0.1) is 0 Å². The second-order valence-electron chi connectivity index (χ2n) is 7.93. The van der Waals surface area contributed by atoms with Gasteiger partial charge < -0.3 is 4.90 Å². The van der Waals surface area contributed by atoms with Gasteiger partial charge in [-0.1, -0.05) is 6.92 Å². The monoisotopic (exact) mass is 371 g/mol. The Morgan fingerprint density at radius 1 is 1.27 bits per heavy atom. The van der Waals surface area contributed by atoms with E-state index in [1.54, 1.807) is 13.1 Å². The smallest absolute Gasteiger partial charge is 0.265 e. The molecule has 1 N–H and O–H groups in total. The molecular formula is C20H25N3O2S. The molecule has 0 bridgehead atoms. The van der Waals surface area contributed by atoms with Crippen LogP contribution in [-0.2, 0) is 9.59 Å². The van der Waals surface area contributed by atoms with Gasteiger partial charge in [0.15, 0.2) is 5.11 Å². The molecule has 1 aromatic rings. The van der Waals surface area contributed by atoms with Crippen molar-refractivity contribution < 1.29 is 9.59 Å². The first-order valence-corrected chi connectivity index (χ1v) is 9.17. The highest BCUT2D eigenvalue weighted by molar-refractivity contribution is 7.80. The van der Waals surface area contributed by atoms with Crippen molar-refractivity contribution in [1.82, 2.24) is 10.2 Å². The summed E-state index contributed by atoms with van der Waals surface area (Å²) in [6, 6.07) is 4.26. The zero-order valence-corrected chi connectivity index (χ0v) is 17.0. The standard InChI is InChI=1S/C20H25N3O2S/c1-11-7-16-14(12(2)10-20(3,4)23(16)6)8-13(11)9-15-17(24)21-19(26)22(5)18(15)25/h7-9,12H,10H2,1-6H3,(H,21,24,26)/b15-9+. The van der Waals surface area contributed by atoms with E-state index in [9.17, 15) is 9.59 Å². The quantitative estimate of drug-likeness (QED) is 0.468. The largest absolute Gasteiger partial charge is 0.369 e. The van der Waals surface area contributed by atoms with Gasteiger partial charge in [-0.25, -0.2) is 0 Å². The molecule has 138 valence electrons. The van der Waals surface area contributed by atoms with Crippen LogP contribution < -0.4 is 10.2 Å². The fraction of sp³-hybridized carbons (Fsp3) is 0.450. The lowest BCUT2D eigenvalue weighted by molar-refractivity contribution is -0.128. The third-order valence-corrected chi connectivity index (χ3v) is 6.00. The lowest BCUT2D eigenvalue weighted by Gasteiger charge is -2.45. The Hall–Kier alpha value is -2.21. The molecule has 0 aromatic heterocycles. The van der Waals surface area contributed by atoms with Gasteiger partial charge in [-0.3, -0.25) is 19.8 Å². The van der Waals surface area contributed by atoms with Crippen molar-refractivity contribution in [1.29, 1.82) is 0 Å². The first-order valence-electron chi connectivity index (χ1n) is 8.76. The van der Waals surface area contributed by atoms with Gasteiger partial charge in [-0.15, -0.1) is 0 Å². The Kier molecular flexibility index (Phi) is 4.43. The topological polar surface area (TPSA) is 52.7 Å². The molecule has 5 nitrogen and oxygen atoms in total. The summed E-state index contributed by atoms with van der Waals surface area (Å²) in [5.41, 5.74) is 4.59. The zero-order chi connectivity index (χ0) is 19.4. The number of anilines is 1. The van der Waals surface area contributed by atoms with Crippen LogP contribution in [-0.4, -0.2) is 41.5 Å². The Balaban J connectivity index is 2.08. The van der Waals surface area contributed by atoms with Gasteiger partial charge in [-0.2, -0.15) is 0 Å². The molecule has 3 rings (SSSR count). The van der Waals surface area contributed by atoms with Crippen LogP contribution in [0.2, 0.25) is 0 Å². The lowest BCUT2D eigenvalue weighted by atomic mass is 9.79. The maximum absolute atomic E-state index is 12.5. The predicted octanol–water partition coefficient (Wildman–Crippen LogP) is 2.97. The molecule has 0 radical (unpaired) electrons. The van der Waals surface area contributed by atoms with E-state index in [-0.39, 0.29) is 22.1 Å². The SMILES string of the molecule is Cc1cc2c(cc1/C=C1\C(=O)NC(=S)N(C)C1=O)C(C)CC(C)(C)N2C. The molecular weight excluding hydrogens is 346 g/mol. The van der Waals surface area contributed by atoms with E-state index in [2.05, 4.69) is 50.2 Å². The Labute approximate surface area is 160 Å². The van der Waals surface area contributed by atoms with Crippen LogP contribution in [0.5, 0.6) is 0 Å². The van der Waals surface area contributed by atoms with Gasteiger partial charge in [0.1, 0.15) is 5.57 Å². The minimum absolute atomic E-state index is 0.0937. The van der Waals surface area contributed by atoms with Crippen molar-refractivity contribution in [3.8, 4) is 0 Å². The molecule has 1 fully saturated rings. The fourth-order valence-corrected chi connectivity index (χ4v) is 3.97. The highest BCUT2D eigenvalue weighted by atomic mass is 32.1. The van der Waals surface area contributed by atoms with Gasteiger partial charge >= 0.3 is 0 Å². The predicted molar refractivity (Wildman–Crippen MR) is 108 cm³/mol. The second kappa shape index (κ2) is 6.20. The van der Waals surface area contributed by atoms with Gasteiger partial charge in [-0.05, 0) is 80.2 Å². The van der Waals surface area contributed by atoms with Crippen LogP contribution in [0.3, 0.4) is 0 Å². The molecule has 1 atom stereocenters. The van der Waals surface area contributed by atoms with E-state index in [1.165, 1.54) is 16.2 Å². The molecule has 0 spiro atoms. The third kappa shape index (κ3) is 2.92. The van der Waals surface area contributed by atoms with Crippen LogP contribution in [0.15, 0.2) is 17.7 Å². The van der Waals surface area contributed by atoms with Crippen LogP contribution >= 0.6 is 12.2 Å². The zero-order valence-electron chi connectivity index (χ0n) is 16.1. The van der Waals surface area contributed by atoms with Crippen molar-refractivity contribution in [2.24, 2.45) is 0 Å². The van der Waals surface area contributed by atoms with E-state index in [0.29, 0.717) is 5.92 Å². The summed E-state index contributed by atoms with van der Waals surface area (Å²) in [5, 5.41) is 2.70. The van der Waals surface area contributed by atoms with Gasteiger partial charge in [0.25, 0.3) is 11.8 Å². The van der Waals surface area contributed by atoms with Crippen LogP contribution in [0, 0.1) is 6.92 Å². The molecule has 2 aliphatic rings. The average Bonchev–Trinajstić information content (AvgIpc) is 2.55. The van der Waals surface area contributed by atoms with Crippen molar-refractivity contribution in [2.45, 2.75) is 45.6 Å². The van der Waals surface area contributed by atoms with Crippen LogP contribution in [0.25, 0.3) is 6.08 Å². The number of carbonyl (C=O) groups excluding carboxylic acids is 2. The molecule has 1 unspecified atom stereocenters. The summed E-state index contributed by atoms with van der Waals surface area (Å²) >= 11 is 5.00. The van der Waals surface area contributed by atoms with Crippen molar-refractivity contribution in [2.75, 3.05) is 19.0 Å². The number of fused-ring (bicyclic) bond motifs is 1. The number of carbonyl (C=O) groups is 2. The Morgan fingerprint density at radius 3 is 2.58 bits per heavy atom. The average molecular weight is 372 g/mol. The lowest BCUT2D eigenvalue weighted by Crippen LogP contribution is -2.52. The number of hydrogen-bond donors (Lipinski definition) is 1. The number of aryl methyl sites for hydroxylation is 1. The number of hydrogen-bond acceptors (Lipinski definition) is 4. The Morgan fingerprint density at radius 2 is 1.92 bits per heavy atom. The van der Waals surface area contributed by atoms with E-state index in [1.807, 2.05) is 6.92 Å². The maximum atomic E-state index is 12.5. The molecule has 6 heteroatoms. The summed E-state index contributed by atoms with van der Waals surface area (Å²) in [5.74, 6) is -0.413. The summed E-state index contributed by atoms with van der Waals surface area (Å²) < 4.78 is 0. The molecule has 0 saturated carbocycles. The number of rotatable bonds is 1. The third-order valence-electron chi connectivity index (χ3n) is 5.63. The number of amides is 2. The van der Waals surface area contributed by atoms with Gasteiger partial charge in [0, 0.05) is 25.3 Å². The Bertz CT molecular complexity index is 857. The number of thiocarbonyl (C=S) groups is 1. The number of nitrogens with one attached hydrogen (secondary N) is 1. The first-order chi connectivity index (χ1) is 12.0. The minimum Gasteiger partial charge on any atom is -0.369 e. The molecule has 2 amide bonds. The molecule has 1 saturated heterocycles. The summed E-state index contributed by atoms with van der Waals surface area (Å²) in [7, 11) is 3.69. The summed E-state index contributed by atoms with van der Waals surface area (Å²) in [6.45, 7) is 8.74. The molecule has 2 aliphatic heterocycles. The minimum atomic E-state index is -0.443. The first kappa shape index (κ1) is 18.6. The van der Waals surface area contributed by atoms with Crippen molar-refractivity contribution in [3.63, 3.8) is 0 Å². The van der Waals surface area contributed by atoms with E-state index < -0.39 is 5.91 Å². The highest BCUT2D eigenvalue weighted by Gasteiger charge is 2.35. The molecule has 1 aromatic carbocycles. The molecule has 26 heavy (non-hydrogen) atoms. The summed E-state index contributed by atoms with van der Waals surface area (Å²) in [6.07, 6.45) is 2.73. The number of nitrogens with zero attached hydrogens (tertiary/aromatic N) is 2. The van der Waals surface area contributed by atoms with Crippen molar-refractivity contribution >= 4 is 40.9 Å². The maximum Gasteiger partial charge on any atom is 0.265 e. The highest BCUT2D eigenvalue weighted by Crippen LogP contribution is 2.43. The van der Waals surface area contributed by atoms with Crippen LogP contribution in [0.1, 0.15) is 49.8 Å². The number of benzene rings is 1. The van der Waals surface area contributed by atoms with E-state index in [4.69, 9.17) is 12.2 Å². The number of likely N-dealkylation sites (N-methyl/N-ethyl adjacent to an activating group) is 1. The molecule has 2 heterocycles. The fourth-order valence-electron chi connectivity index (χ4n) is 3.79. The van der Waals surface area contributed by atoms with Gasteiger partial charge in [0.2, 0.25) is 0 Å². The van der Waals surface area contributed by atoms with Crippen LogP contribution in [0.4, 0.5) is 5.69 Å². The molecule has 0 aliphatic carbocycles. The second-order valence-corrected chi connectivity index (χ2v) is 8.31. The van der Waals surface area contributed by atoms with Crippen molar-refractivity contribution in [3.05, 3.63) is 34.4 Å². The van der Waals surface area contributed by atoms with E-state index in [0.717, 1.165) is 17.5 Å². The summed E-state index contributed by atoms with van der Waals surface area (Å²) in [4.78, 5) is 28.3. The normalized spacial score (nSPS) is 24.0.